The van der Waals surface area contributed by atoms with Crippen LogP contribution < -0.4 is 5.56 Å². The third-order valence-electron chi connectivity index (χ3n) is 5.36. The maximum Gasteiger partial charge on any atom is 0.253 e. The van der Waals surface area contributed by atoms with Crippen LogP contribution in [0.5, 0.6) is 0 Å². The zero-order valence-corrected chi connectivity index (χ0v) is 16.1. The summed E-state index contributed by atoms with van der Waals surface area (Å²) in [6.07, 6.45) is 9.99. The van der Waals surface area contributed by atoms with Crippen molar-refractivity contribution in [2.45, 2.75) is 32.7 Å². The van der Waals surface area contributed by atoms with E-state index < -0.39 is 0 Å². The minimum atomic E-state index is 0.00457. The maximum atomic E-state index is 12.5. The van der Waals surface area contributed by atoms with E-state index in [9.17, 15) is 4.79 Å². The van der Waals surface area contributed by atoms with Gasteiger partial charge in [-0.1, -0.05) is 0 Å². The minimum absolute atomic E-state index is 0.00457. The van der Waals surface area contributed by atoms with Gasteiger partial charge >= 0.3 is 0 Å². The first-order valence-corrected chi connectivity index (χ1v) is 9.78. The van der Waals surface area contributed by atoms with Crippen LogP contribution in [0.25, 0.3) is 11.3 Å². The minimum Gasteiger partial charge on any atom is -0.446 e. The zero-order valence-electron chi connectivity index (χ0n) is 16.1. The van der Waals surface area contributed by atoms with Gasteiger partial charge in [-0.25, -0.2) is 9.97 Å². The Morgan fingerprint density at radius 1 is 1.18 bits per heavy atom. The molecule has 0 bridgehead atoms. The Bertz CT molecular complexity index is 958. The van der Waals surface area contributed by atoms with E-state index in [0.717, 1.165) is 62.7 Å². The van der Waals surface area contributed by atoms with E-state index in [1.807, 2.05) is 25.3 Å². The van der Waals surface area contributed by atoms with Gasteiger partial charge in [0.25, 0.3) is 5.56 Å². The fraction of sp³-hybridized carbons (Fsp3) is 0.429. The lowest BCUT2D eigenvalue weighted by Crippen LogP contribution is -2.37. The molecule has 1 aliphatic rings. The van der Waals surface area contributed by atoms with Crippen LogP contribution in [0.4, 0.5) is 0 Å². The summed E-state index contributed by atoms with van der Waals surface area (Å²) < 4.78 is 7.28. The molecule has 1 fully saturated rings. The Kier molecular flexibility index (Phi) is 5.62. The van der Waals surface area contributed by atoms with E-state index in [1.165, 1.54) is 0 Å². The van der Waals surface area contributed by atoms with Crippen LogP contribution in [-0.4, -0.2) is 44.1 Å². The Morgan fingerprint density at radius 2 is 1.96 bits per heavy atom. The summed E-state index contributed by atoms with van der Waals surface area (Å²) in [4.78, 5) is 27.6. The average molecular weight is 379 g/mol. The van der Waals surface area contributed by atoms with Gasteiger partial charge in [-0.3, -0.25) is 14.3 Å². The highest BCUT2D eigenvalue weighted by atomic mass is 16.4. The molecular formula is C21H25N5O2. The SMILES string of the molecule is Cc1ncc(CCN2CCC(Cn3cnc(-c4ccncc4)cc3=O)CC2)o1. The number of pyridine rings is 1. The molecule has 7 heteroatoms. The van der Waals surface area contributed by atoms with E-state index in [1.54, 1.807) is 29.4 Å². The molecule has 1 aliphatic heterocycles. The van der Waals surface area contributed by atoms with Crippen molar-refractivity contribution in [3.63, 3.8) is 0 Å². The van der Waals surface area contributed by atoms with E-state index >= 15 is 0 Å². The number of hydrogen-bond acceptors (Lipinski definition) is 6. The first-order valence-electron chi connectivity index (χ1n) is 9.78. The van der Waals surface area contributed by atoms with Gasteiger partial charge < -0.3 is 9.32 Å². The zero-order chi connectivity index (χ0) is 19.3. The van der Waals surface area contributed by atoms with E-state index in [0.29, 0.717) is 11.6 Å². The van der Waals surface area contributed by atoms with Crippen molar-refractivity contribution in [3.05, 3.63) is 65.1 Å². The Labute approximate surface area is 164 Å². The topological polar surface area (TPSA) is 77.1 Å². The number of rotatable bonds is 6. The number of piperidine rings is 1. The van der Waals surface area contributed by atoms with Gasteiger partial charge in [0.15, 0.2) is 5.89 Å². The van der Waals surface area contributed by atoms with Crippen LogP contribution in [0.3, 0.4) is 0 Å². The molecule has 0 atom stereocenters. The smallest absolute Gasteiger partial charge is 0.253 e. The molecular weight excluding hydrogens is 354 g/mol. The van der Waals surface area contributed by atoms with Gasteiger partial charge in [-0.2, -0.15) is 0 Å². The molecule has 0 N–H and O–H groups in total. The van der Waals surface area contributed by atoms with Crippen LogP contribution in [0.1, 0.15) is 24.5 Å². The molecule has 0 saturated carbocycles. The van der Waals surface area contributed by atoms with Gasteiger partial charge in [0.05, 0.1) is 18.2 Å². The number of hydrogen-bond donors (Lipinski definition) is 0. The van der Waals surface area contributed by atoms with Gasteiger partial charge in [0, 0.05) is 50.5 Å². The van der Waals surface area contributed by atoms with Crippen LogP contribution in [0, 0.1) is 12.8 Å². The van der Waals surface area contributed by atoms with Crippen LogP contribution in [0.2, 0.25) is 0 Å². The third-order valence-corrected chi connectivity index (χ3v) is 5.36. The van der Waals surface area contributed by atoms with E-state index in [4.69, 9.17) is 4.42 Å². The van der Waals surface area contributed by atoms with Crippen molar-refractivity contribution in [1.29, 1.82) is 0 Å². The summed E-state index contributed by atoms with van der Waals surface area (Å²) in [7, 11) is 0. The summed E-state index contributed by atoms with van der Waals surface area (Å²) >= 11 is 0. The second-order valence-electron chi connectivity index (χ2n) is 7.38. The Morgan fingerprint density at radius 3 is 2.64 bits per heavy atom. The molecule has 0 spiro atoms. The number of oxazole rings is 1. The fourth-order valence-electron chi connectivity index (χ4n) is 3.70. The van der Waals surface area contributed by atoms with Crippen molar-refractivity contribution in [1.82, 2.24) is 24.4 Å². The highest BCUT2D eigenvalue weighted by Gasteiger charge is 2.20. The van der Waals surface area contributed by atoms with Crippen LogP contribution in [0.15, 0.2) is 52.3 Å². The highest BCUT2D eigenvalue weighted by molar-refractivity contribution is 5.57. The van der Waals surface area contributed by atoms with E-state index in [-0.39, 0.29) is 5.56 Å². The molecule has 1 saturated heterocycles. The predicted molar refractivity (Wildman–Crippen MR) is 106 cm³/mol. The lowest BCUT2D eigenvalue weighted by atomic mass is 9.96. The molecule has 4 heterocycles. The maximum absolute atomic E-state index is 12.5. The van der Waals surface area contributed by atoms with Gasteiger partial charge in [-0.05, 0) is 44.0 Å². The largest absolute Gasteiger partial charge is 0.446 e. The second-order valence-corrected chi connectivity index (χ2v) is 7.38. The first-order chi connectivity index (χ1) is 13.7. The average Bonchev–Trinajstić information content (AvgIpc) is 3.15. The van der Waals surface area contributed by atoms with Crippen molar-refractivity contribution < 1.29 is 4.42 Å². The normalized spacial score (nSPS) is 15.8. The highest BCUT2D eigenvalue weighted by Crippen LogP contribution is 2.19. The first kappa shape index (κ1) is 18.6. The molecule has 7 nitrogen and oxygen atoms in total. The number of aryl methyl sites for hydroxylation is 1. The monoisotopic (exact) mass is 379 g/mol. The van der Waals surface area contributed by atoms with Gasteiger partial charge in [0.1, 0.15) is 5.76 Å². The quantitative estimate of drug-likeness (QED) is 0.655. The second kappa shape index (κ2) is 8.48. The standard InChI is InChI=1S/C21H25N5O2/c1-16-23-13-19(28-16)6-11-25-9-4-17(5-10-25)14-26-15-24-20(12-21(26)27)18-2-7-22-8-3-18/h2-3,7-8,12-13,15,17H,4-6,9-11,14H2,1H3. The molecule has 3 aromatic heterocycles. The number of likely N-dealkylation sites (tertiary alicyclic amines) is 1. The molecule has 146 valence electrons. The lowest BCUT2D eigenvalue weighted by molar-refractivity contribution is 0.172. The molecule has 3 aromatic rings. The third kappa shape index (κ3) is 4.54. The Balaban J connectivity index is 1.29. The molecule has 0 aromatic carbocycles. The summed E-state index contributed by atoms with van der Waals surface area (Å²) in [5, 5.41) is 0. The molecule has 0 aliphatic carbocycles. The van der Waals surface area contributed by atoms with Crippen molar-refractivity contribution in [2.75, 3.05) is 19.6 Å². The van der Waals surface area contributed by atoms with Gasteiger partial charge in [0.2, 0.25) is 0 Å². The summed E-state index contributed by atoms with van der Waals surface area (Å²) in [5.74, 6) is 2.18. The molecule has 0 amide bonds. The molecule has 28 heavy (non-hydrogen) atoms. The number of nitrogens with zero attached hydrogens (tertiary/aromatic N) is 5. The van der Waals surface area contributed by atoms with Crippen molar-refractivity contribution in [2.24, 2.45) is 5.92 Å². The number of aromatic nitrogens is 4. The molecule has 4 rings (SSSR count). The van der Waals surface area contributed by atoms with Crippen LogP contribution >= 0.6 is 0 Å². The Hall–Kier alpha value is -2.80. The van der Waals surface area contributed by atoms with Crippen LogP contribution in [-0.2, 0) is 13.0 Å². The van der Waals surface area contributed by atoms with Crippen molar-refractivity contribution in [3.8, 4) is 11.3 Å². The molecule has 0 unspecified atom stereocenters. The molecule has 0 radical (unpaired) electrons. The van der Waals surface area contributed by atoms with E-state index in [2.05, 4.69) is 19.9 Å². The van der Waals surface area contributed by atoms with Gasteiger partial charge in [-0.15, -0.1) is 0 Å². The predicted octanol–water partition coefficient (Wildman–Crippen LogP) is 2.56. The summed E-state index contributed by atoms with van der Waals surface area (Å²) in [6.45, 7) is 5.70. The lowest BCUT2D eigenvalue weighted by Gasteiger charge is -2.31. The summed E-state index contributed by atoms with van der Waals surface area (Å²) in [6, 6.07) is 5.34. The van der Waals surface area contributed by atoms with Crippen molar-refractivity contribution >= 4 is 0 Å². The summed E-state index contributed by atoms with van der Waals surface area (Å²) in [5.41, 5.74) is 1.61. The fourth-order valence-corrected chi connectivity index (χ4v) is 3.70.